The standard InChI is InChI=1S/C21H18F3N3O/c1-14(15-5-3-2-4-6-15)26-19-11-16(12-25-13-19)20(28)27-18-9-7-17(8-10-18)21(22,23)24/h2-14,26H,1H3,(H,27,28). The summed E-state index contributed by atoms with van der Waals surface area (Å²) >= 11 is 0. The quantitative estimate of drug-likeness (QED) is 0.608. The molecular formula is C21H18F3N3O. The summed E-state index contributed by atoms with van der Waals surface area (Å²) in [6, 6.07) is 15.7. The van der Waals surface area contributed by atoms with Gasteiger partial charge in [-0.05, 0) is 42.8 Å². The molecule has 28 heavy (non-hydrogen) atoms. The smallest absolute Gasteiger partial charge is 0.377 e. The van der Waals surface area contributed by atoms with E-state index in [1.54, 1.807) is 12.3 Å². The number of amides is 1. The molecule has 0 aliphatic rings. The van der Waals surface area contributed by atoms with E-state index in [1.807, 2.05) is 37.3 Å². The van der Waals surface area contributed by atoms with Crippen LogP contribution in [0, 0.1) is 0 Å². The average Bonchev–Trinajstić information content (AvgIpc) is 2.68. The predicted molar refractivity (Wildman–Crippen MR) is 102 cm³/mol. The van der Waals surface area contributed by atoms with Gasteiger partial charge < -0.3 is 10.6 Å². The summed E-state index contributed by atoms with van der Waals surface area (Å²) in [5.41, 5.74) is 1.55. The first-order valence-corrected chi connectivity index (χ1v) is 8.58. The number of carbonyl (C=O) groups is 1. The number of hydrogen-bond acceptors (Lipinski definition) is 3. The Morgan fingerprint density at radius 1 is 0.964 bits per heavy atom. The molecule has 0 aliphatic carbocycles. The van der Waals surface area contributed by atoms with E-state index in [0.717, 1.165) is 17.7 Å². The number of rotatable bonds is 5. The molecule has 2 aromatic carbocycles. The Morgan fingerprint density at radius 3 is 2.29 bits per heavy atom. The van der Waals surface area contributed by atoms with Gasteiger partial charge in [-0.25, -0.2) is 0 Å². The third kappa shape index (κ3) is 4.88. The lowest BCUT2D eigenvalue weighted by molar-refractivity contribution is -0.137. The van der Waals surface area contributed by atoms with Gasteiger partial charge in [0.2, 0.25) is 0 Å². The normalized spacial score (nSPS) is 12.3. The van der Waals surface area contributed by atoms with E-state index in [0.29, 0.717) is 11.3 Å². The predicted octanol–water partition coefficient (Wildman–Crippen LogP) is 5.53. The van der Waals surface area contributed by atoms with Gasteiger partial charge in [-0.2, -0.15) is 13.2 Å². The van der Waals surface area contributed by atoms with Gasteiger partial charge in [-0.3, -0.25) is 9.78 Å². The summed E-state index contributed by atoms with van der Waals surface area (Å²) in [7, 11) is 0. The van der Waals surface area contributed by atoms with Crippen LogP contribution in [-0.2, 0) is 6.18 Å². The van der Waals surface area contributed by atoms with E-state index in [-0.39, 0.29) is 11.7 Å². The van der Waals surface area contributed by atoms with Crippen molar-refractivity contribution < 1.29 is 18.0 Å². The van der Waals surface area contributed by atoms with E-state index in [2.05, 4.69) is 15.6 Å². The molecule has 0 aliphatic heterocycles. The van der Waals surface area contributed by atoms with Gasteiger partial charge in [0, 0.05) is 24.1 Å². The van der Waals surface area contributed by atoms with Gasteiger partial charge in [-0.15, -0.1) is 0 Å². The number of aromatic nitrogens is 1. The minimum atomic E-state index is -4.41. The highest BCUT2D eigenvalue weighted by Gasteiger charge is 2.30. The molecule has 0 saturated carbocycles. The minimum Gasteiger partial charge on any atom is -0.377 e. The Labute approximate surface area is 160 Å². The van der Waals surface area contributed by atoms with Crippen LogP contribution in [0.3, 0.4) is 0 Å². The van der Waals surface area contributed by atoms with E-state index < -0.39 is 17.6 Å². The molecule has 3 rings (SSSR count). The maximum absolute atomic E-state index is 12.6. The summed E-state index contributed by atoms with van der Waals surface area (Å²) in [6.45, 7) is 1.99. The molecular weight excluding hydrogens is 367 g/mol. The highest BCUT2D eigenvalue weighted by atomic mass is 19.4. The number of carbonyl (C=O) groups excluding carboxylic acids is 1. The third-order valence-corrected chi connectivity index (χ3v) is 4.15. The fraction of sp³-hybridized carbons (Fsp3) is 0.143. The van der Waals surface area contributed by atoms with Crippen LogP contribution >= 0.6 is 0 Å². The molecule has 2 N–H and O–H groups in total. The average molecular weight is 385 g/mol. The van der Waals surface area contributed by atoms with E-state index in [4.69, 9.17) is 0 Å². The summed E-state index contributed by atoms with van der Waals surface area (Å²) in [6.07, 6.45) is -1.41. The lowest BCUT2D eigenvalue weighted by Crippen LogP contribution is -2.14. The number of halogens is 3. The third-order valence-electron chi connectivity index (χ3n) is 4.15. The maximum Gasteiger partial charge on any atom is 0.416 e. The van der Waals surface area contributed by atoms with Crippen LogP contribution < -0.4 is 10.6 Å². The summed E-state index contributed by atoms with van der Waals surface area (Å²) < 4.78 is 37.8. The Bertz CT molecular complexity index is 941. The second-order valence-corrected chi connectivity index (χ2v) is 6.27. The second-order valence-electron chi connectivity index (χ2n) is 6.27. The zero-order valence-electron chi connectivity index (χ0n) is 15.0. The molecule has 0 bridgehead atoms. The molecule has 0 saturated heterocycles. The Kier molecular flexibility index (Phi) is 5.63. The zero-order chi connectivity index (χ0) is 20.1. The second kappa shape index (κ2) is 8.12. The van der Waals surface area contributed by atoms with Gasteiger partial charge in [0.1, 0.15) is 0 Å². The highest BCUT2D eigenvalue weighted by Crippen LogP contribution is 2.30. The lowest BCUT2D eigenvalue weighted by Gasteiger charge is -2.16. The molecule has 1 unspecified atom stereocenters. The van der Waals surface area contributed by atoms with Crippen LogP contribution in [0.1, 0.15) is 34.5 Å². The van der Waals surface area contributed by atoms with Gasteiger partial charge in [-0.1, -0.05) is 30.3 Å². The molecule has 4 nitrogen and oxygen atoms in total. The maximum atomic E-state index is 12.6. The van der Waals surface area contributed by atoms with E-state index in [9.17, 15) is 18.0 Å². The van der Waals surface area contributed by atoms with Crippen molar-refractivity contribution in [1.29, 1.82) is 0 Å². The Balaban J connectivity index is 1.68. The first-order chi connectivity index (χ1) is 13.3. The van der Waals surface area contributed by atoms with Crippen molar-refractivity contribution in [3.05, 3.63) is 89.7 Å². The first-order valence-electron chi connectivity index (χ1n) is 8.58. The van der Waals surface area contributed by atoms with Crippen molar-refractivity contribution in [1.82, 2.24) is 4.98 Å². The number of pyridine rings is 1. The number of hydrogen-bond donors (Lipinski definition) is 2. The summed E-state index contributed by atoms with van der Waals surface area (Å²) in [5, 5.41) is 5.85. The molecule has 7 heteroatoms. The van der Waals surface area contributed by atoms with E-state index in [1.165, 1.54) is 18.3 Å². The Morgan fingerprint density at radius 2 is 1.64 bits per heavy atom. The number of nitrogens with zero attached hydrogens (tertiary/aromatic N) is 1. The highest BCUT2D eigenvalue weighted by molar-refractivity contribution is 6.04. The van der Waals surface area contributed by atoms with Crippen molar-refractivity contribution in [2.75, 3.05) is 10.6 Å². The lowest BCUT2D eigenvalue weighted by atomic mass is 10.1. The van der Waals surface area contributed by atoms with Gasteiger partial charge in [0.05, 0.1) is 16.8 Å². The minimum absolute atomic E-state index is 0.0104. The topological polar surface area (TPSA) is 54.0 Å². The van der Waals surface area contributed by atoms with Crippen molar-refractivity contribution in [2.45, 2.75) is 19.1 Å². The SMILES string of the molecule is CC(Nc1cncc(C(=O)Nc2ccc(C(F)(F)F)cc2)c1)c1ccccc1. The molecule has 144 valence electrons. The molecule has 0 fully saturated rings. The molecule has 3 aromatic rings. The van der Waals surface area contributed by atoms with Crippen LogP contribution in [0.25, 0.3) is 0 Å². The number of anilines is 2. The summed E-state index contributed by atoms with van der Waals surface area (Å²) in [4.78, 5) is 16.5. The Hall–Kier alpha value is -3.35. The first kappa shape index (κ1) is 19.4. The summed E-state index contributed by atoms with van der Waals surface area (Å²) in [5.74, 6) is -0.455. The number of nitrogens with one attached hydrogen (secondary N) is 2. The molecule has 1 atom stereocenters. The zero-order valence-corrected chi connectivity index (χ0v) is 15.0. The largest absolute Gasteiger partial charge is 0.416 e. The van der Waals surface area contributed by atoms with Crippen LogP contribution in [0.15, 0.2) is 73.1 Å². The van der Waals surface area contributed by atoms with Crippen LogP contribution in [0.4, 0.5) is 24.5 Å². The van der Waals surface area contributed by atoms with Crippen molar-refractivity contribution >= 4 is 17.3 Å². The van der Waals surface area contributed by atoms with Crippen LogP contribution in [-0.4, -0.2) is 10.9 Å². The van der Waals surface area contributed by atoms with Gasteiger partial charge in [0.15, 0.2) is 0 Å². The van der Waals surface area contributed by atoms with E-state index >= 15 is 0 Å². The van der Waals surface area contributed by atoms with Crippen LogP contribution in [0.5, 0.6) is 0 Å². The molecule has 1 aromatic heterocycles. The van der Waals surface area contributed by atoms with Crippen molar-refractivity contribution in [3.8, 4) is 0 Å². The van der Waals surface area contributed by atoms with Gasteiger partial charge >= 0.3 is 6.18 Å². The molecule has 1 amide bonds. The van der Waals surface area contributed by atoms with Crippen molar-refractivity contribution in [2.24, 2.45) is 0 Å². The van der Waals surface area contributed by atoms with Crippen molar-refractivity contribution in [3.63, 3.8) is 0 Å². The molecule has 1 heterocycles. The molecule has 0 radical (unpaired) electrons. The fourth-order valence-corrected chi connectivity index (χ4v) is 2.66. The van der Waals surface area contributed by atoms with Crippen LogP contribution in [0.2, 0.25) is 0 Å². The monoisotopic (exact) mass is 385 g/mol. The van der Waals surface area contributed by atoms with Gasteiger partial charge in [0.25, 0.3) is 5.91 Å². The number of benzene rings is 2. The molecule has 0 spiro atoms. The fourth-order valence-electron chi connectivity index (χ4n) is 2.66. The number of alkyl halides is 3.